The first-order valence-corrected chi connectivity index (χ1v) is 6.54. The Bertz CT molecular complexity index is 580. The Morgan fingerprint density at radius 3 is 2.28 bits per heavy atom. The lowest BCUT2D eigenvalue weighted by molar-refractivity contribution is 0.553. The van der Waals surface area contributed by atoms with Crippen LogP contribution in [-0.4, -0.2) is 9.78 Å². The molecule has 0 radical (unpaired) electrons. The molecule has 18 heavy (non-hydrogen) atoms. The molecule has 1 heterocycles. The molecule has 0 bridgehead atoms. The second-order valence-corrected chi connectivity index (χ2v) is 6.26. The van der Waals surface area contributed by atoms with Crippen molar-refractivity contribution in [3.8, 4) is 11.3 Å². The topological polar surface area (TPSA) is 17.8 Å². The molecule has 0 spiro atoms. The van der Waals surface area contributed by atoms with Crippen LogP contribution in [0.4, 0.5) is 0 Å². The monoisotopic (exact) mass is 282 g/mol. The Morgan fingerprint density at radius 2 is 1.78 bits per heavy atom. The van der Waals surface area contributed by atoms with Crippen molar-refractivity contribution >= 4 is 23.2 Å². The van der Waals surface area contributed by atoms with Crippen molar-refractivity contribution in [2.45, 2.75) is 26.2 Å². The number of aryl methyl sites for hydroxylation is 1. The Hall–Kier alpha value is -0.990. The van der Waals surface area contributed by atoms with Gasteiger partial charge in [0.25, 0.3) is 0 Å². The van der Waals surface area contributed by atoms with E-state index in [1.807, 2.05) is 23.9 Å². The maximum Gasteiger partial charge on any atom is 0.0697 e. The van der Waals surface area contributed by atoms with E-state index in [9.17, 15) is 0 Å². The van der Waals surface area contributed by atoms with Crippen LogP contribution >= 0.6 is 23.2 Å². The molecule has 0 aliphatic carbocycles. The zero-order valence-electron chi connectivity index (χ0n) is 11.0. The van der Waals surface area contributed by atoms with Crippen LogP contribution in [0.15, 0.2) is 24.3 Å². The highest BCUT2D eigenvalue weighted by Gasteiger charge is 2.20. The van der Waals surface area contributed by atoms with E-state index in [1.165, 1.54) is 0 Å². The summed E-state index contributed by atoms with van der Waals surface area (Å²) in [5.41, 5.74) is 3.02. The van der Waals surface area contributed by atoms with Gasteiger partial charge in [-0.25, -0.2) is 0 Å². The first-order valence-electron chi connectivity index (χ1n) is 5.79. The summed E-state index contributed by atoms with van der Waals surface area (Å²) < 4.78 is 1.86. The average molecular weight is 283 g/mol. The van der Waals surface area contributed by atoms with E-state index >= 15 is 0 Å². The summed E-state index contributed by atoms with van der Waals surface area (Å²) in [7, 11) is 1.93. The number of rotatable bonds is 1. The molecule has 0 aliphatic rings. The molecule has 0 saturated heterocycles. The minimum absolute atomic E-state index is 0.0227. The van der Waals surface area contributed by atoms with Crippen molar-refractivity contribution in [1.29, 1.82) is 0 Å². The largest absolute Gasteiger partial charge is 0.268 e. The number of nitrogens with zero attached hydrogens (tertiary/aromatic N) is 2. The van der Waals surface area contributed by atoms with Gasteiger partial charge in [-0.15, -0.1) is 0 Å². The van der Waals surface area contributed by atoms with Crippen LogP contribution in [0.3, 0.4) is 0 Å². The van der Waals surface area contributed by atoms with E-state index in [0.29, 0.717) is 10.0 Å². The van der Waals surface area contributed by atoms with E-state index in [4.69, 9.17) is 23.2 Å². The highest BCUT2D eigenvalue weighted by atomic mass is 35.5. The minimum Gasteiger partial charge on any atom is -0.268 e. The summed E-state index contributed by atoms with van der Waals surface area (Å²) in [6.07, 6.45) is 0. The third kappa shape index (κ3) is 2.55. The maximum atomic E-state index is 6.23. The molecule has 2 rings (SSSR count). The molecular weight excluding hydrogens is 267 g/mol. The summed E-state index contributed by atoms with van der Waals surface area (Å²) >= 11 is 12.1. The number of hydrogen-bond acceptors (Lipinski definition) is 1. The summed E-state index contributed by atoms with van der Waals surface area (Å²) in [6, 6.07) is 7.60. The van der Waals surface area contributed by atoms with Gasteiger partial charge in [-0.2, -0.15) is 5.10 Å². The average Bonchev–Trinajstić information content (AvgIpc) is 2.60. The van der Waals surface area contributed by atoms with Gasteiger partial charge >= 0.3 is 0 Å². The zero-order valence-corrected chi connectivity index (χ0v) is 12.5. The van der Waals surface area contributed by atoms with Crippen molar-refractivity contribution < 1.29 is 0 Å². The fourth-order valence-electron chi connectivity index (χ4n) is 1.78. The van der Waals surface area contributed by atoms with Gasteiger partial charge in [0.1, 0.15) is 0 Å². The normalized spacial score (nSPS) is 11.9. The first-order chi connectivity index (χ1) is 8.29. The maximum absolute atomic E-state index is 6.23. The summed E-state index contributed by atoms with van der Waals surface area (Å²) in [5, 5.41) is 5.83. The predicted octanol–water partition coefficient (Wildman–Crippen LogP) is 4.69. The molecule has 0 amide bonds. The number of halogens is 2. The van der Waals surface area contributed by atoms with Crippen LogP contribution in [0, 0.1) is 0 Å². The van der Waals surface area contributed by atoms with Crippen LogP contribution in [0.1, 0.15) is 26.5 Å². The lowest BCUT2D eigenvalue weighted by atomic mass is 9.92. The van der Waals surface area contributed by atoms with Crippen LogP contribution in [-0.2, 0) is 12.5 Å². The summed E-state index contributed by atoms with van der Waals surface area (Å²) in [5.74, 6) is 0. The van der Waals surface area contributed by atoms with Crippen molar-refractivity contribution in [3.05, 3.63) is 40.0 Å². The van der Waals surface area contributed by atoms with E-state index in [0.717, 1.165) is 17.0 Å². The van der Waals surface area contributed by atoms with Gasteiger partial charge in [-0.05, 0) is 24.3 Å². The lowest BCUT2D eigenvalue weighted by Gasteiger charge is -2.13. The third-order valence-electron chi connectivity index (χ3n) is 2.86. The Balaban J connectivity index is 2.55. The smallest absolute Gasteiger partial charge is 0.0697 e. The zero-order chi connectivity index (χ0) is 13.5. The highest BCUT2D eigenvalue weighted by molar-refractivity contribution is 6.36. The SMILES string of the molecule is Cn1nc(C(C)(C)C)cc1-c1ccc(Cl)cc1Cl. The van der Waals surface area contributed by atoms with Gasteiger partial charge in [0.05, 0.1) is 16.4 Å². The minimum atomic E-state index is 0.0227. The van der Waals surface area contributed by atoms with Crippen molar-refractivity contribution in [2.75, 3.05) is 0 Å². The number of benzene rings is 1. The summed E-state index contributed by atoms with van der Waals surface area (Å²) in [6.45, 7) is 6.42. The molecule has 0 aliphatic heterocycles. The first kappa shape index (κ1) is 13.4. The Morgan fingerprint density at radius 1 is 1.11 bits per heavy atom. The lowest BCUT2D eigenvalue weighted by Crippen LogP contribution is -2.12. The molecule has 0 unspecified atom stereocenters. The van der Waals surface area contributed by atoms with Gasteiger partial charge in [-0.1, -0.05) is 44.0 Å². The highest BCUT2D eigenvalue weighted by Crippen LogP contribution is 2.32. The molecule has 96 valence electrons. The second-order valence-electron chi connectivity index (χ2n) is 5.41. The molecule has 4 heteroatoms. The summed E-state index contributed by atoms with van der Waals surface area (Å²) in [4.78, 5) is 0. The van der Waals surface area contributed by atoms with Crippen molar-refractivity contribution in [2.24, 2.45) is 7.05 Å². The Kier molecular flexibility index (Phi) is 3.43. The van der Waals surface area contributed by atoms with Gasteiger partial charge in [-0.3, -0.25) is 4.68 Å². The van der Waals surface area contributed by atoms with Crippen LogP contribution in [0.5, 0.6) is 0 Å². The van der Waals surface area contributed by atoms with Crippen LogP contribution in [0.25, 0.3) is 11.3 Å². The molecule has 0 N–H and O–H groups in total. The number of aromatic nitrogens is 2. The molecule has 0 atom stereocenters. The third-order valence-corrected chi connectivity index (χ3v) is 3.40. The van der Waals surface area contributed by atoms with E-state index in [2.05, 4.69) is 31.9 Å². The quantitative estimate of drug-likeness (QED) is 0.742. The van der Waals surface area contributed by atoms with Crippen molar-refractivity contribution in [1.82, 2.24) is 9.78 Å². The van der Waals surface area contributed by atoms with Crippen molar-refractivity contribution in [3.63, 3.8) is 0 Å². The molecule has 0 fully saturated rings. The Labute approximate surface area is 118 Å². The van der Waals surface area contributed by atoms with Gasteiger partial charge in [0.2, 0.25) is 0 Å². The van der Waals surface area contributed by atoms with Gasteiger partial charge in [0, 0.05) is 23.0 Å². The van der Waals surface area contributed by atoms with Crippen LogP contribution in [0.2, 0.25) is 10.0 Å². The molecule has 1 aromatic carbocycles. The molecule has 0 saturated carbocycles. The second kappa shape index (κ2) is 4.60. The van der Waals surface area contributed by atoms with Gasteiger partial charge < -0.3 is 0 Å². The van der Waals surface area contributed by atoms with E-state index in [-0.39, 0.29) is 5.41 Å². The van der Waals surface area contributed by atoms with E-state index in [1.54, 1.807) is 6.07 Å². The van der Waals surface area contributed by atoms with Crippen LogP contribution < -0.4 is 0 Å². The molecule has 2 nitrogen and oxygen atoms in total. The fourth-order valence-corrected chi connectivity index (χ4v) is 2.29. The van der Waals surface area contributed by atoms with Gasteiger partial charge in [0.15, 0.2) is 0 Å². The fraction of sp³-hybridized carbons (Fsp3) is 0.357. The molecule has 1 aromatic heterocycles. The van der Waals surface area contributed by atoms with E-state index < -0.39 is 0 Å². The standard InChI is InChI=1S/C14H16Cl2N2/c1-14(2,3)13-8-12(18(4)17-13)10-6-5-9(15)7-11(10)16/h5-8H,1-4H3. The molecular formula is C14H16Cl2N2. The number of hydrogen-bond donors (Lipinski definition) is 0. The predicted molar refractivity (Wildman–Crippen MR) is 77.4 cm³/mol. The molecule has 2 aromatic rings.